The Morgan fingerprint density at radius 3 is 2.54 bits per heavy atom. The maximum atomic E-state index is 10.8. The fourth-order valence-electron chi connectivity index (χ4n) is 2.94. The summed E-state index contributed by atoms with van der Waals surface area (Å²) in [6.07, 6.45) is 3.68. The first-order chi connectivity index (χ1) is 13.6. The maximum Gasteiger partial charge on any atom is 0.191 e. The molecule has 0 fully saturated rings. The highest BCUT2D eigenvalue weighted by Gasteiger charge is 2.22. The number of nitrogens with one attached hydrogen (secondary N) is 2. The quantitative estimate of drug-likeness (QED) is 0.437. The molecule has 6 heteroatoms. The Labute approximate surface area is 165 Å². The molecule has 1 unspecified atom stereocenters. The molecule has 0 aliphatic carbocycles. The first-order valence-electron chi connectivity index (χ1n) is 9.48. The van der Waals surface area contributed by atoms with Crippen LogP contribution in [0.2, 0.25) is 0 Å². The van der Waals surface area contributed by atoms with Crippen LogP contribution in [0, 0.1) is 0 Å². The number of hydrogen-bond acceptors (Lipinski definition) is 3. The topological polar surface area (TPSA) is 74.5 Å². The number of benzene rings is 2. The zero-order valence-electron chi connectivity index (χ0n) is 16.3. The lowest BCUT2D eigenvalue weighted by Gasteiger charge is -2.25. The van der Waals surface area contributed by atoms with E-state index in [0.29, 0.717) is 19.0 Å². The lowest BCUT2D eigenvalue weighted by Crippen LogP contribution is -2.44. The van der Waals surface area contributed by atoms with Gasteiger partial charge in [0.25, 0.3) is 0 Å². The molecular formula is C22H27N5O. The number of aliphatic imine (C=N–C) groups is 1. The SMILES string of the molecule is CCNC(=NCc1ccccc1-n1cccn1)NCC(C)(O)c1ccccc1. The van der Waals surface area contributed by atoms with Crippen molar-refractivity contribution in [3.63, 3.8) is 0 Å². The van der Waals surface area contributed by atoms with Gasteiger partial charge >= 0.3 is 0 Å². The molecule has 0 saturated heterocycles. The molecule has 0 spiro atoms. The van der Waals surface area contributed by atoms with Gasteiger partial charge in [0.05, 0.1) is 18.8 Å². The number of aromatic nitrogens is 2. The van der Waals surface area contributed by atoms with Crippen LogP contribution in [-0.2, 0) is 12.1 Å². The summed E-state index contributed by atoms with van der Waals surface area (Å²) in [5, 5.41) is 21.6. The zero-order valence-corrected chi connectivity index (χ0v) is 16.3. The minimum Gasteiger partial charge on any atom is -0.384 e. The van der Waals surface area contributed by atoms with Crippen molar-refractivity contribution in [3.8, 4) is 5.69 Å². The average Bonchev–Trinajstić information content (AvgIpc) is 3.26. The van der Waals surface area contributed by atoms with Crippen LogP contribution in [0.3, 0.4) is 0 Å². The Balaban J connectivity index is 1.72. The molecule has 0 bridgehead atoms. The van der Waals surface area contributed by atoms with Gasteiger partial charge in [0, 0.05) is 18.9 Å². The first kappa shape index (κ1) is 19.6. The van der Waals surface area contributed by atoms with E-state index in [1.807, 2.05) is 78.5 Å². The molecule has 6 nitrogen and oxygen atoms in total. The van der Waals surface area contributed by atoms with Crippen molar-refractivity contribution < 1.29 is 5.11 Å². The van der Waals surface area contributed by atoms with Crippen LogP contribution in [0.1, 0.15) is 25.0 Å². The Hall–Kier alpha value is -3.12. The molecule has 146 valence electrons. The summed E-state index contributed by atoms with van der Waals surface area (Å²) >= 11 is 0. The number of nitrogens with zero attached hydrogens (tertiary/aromatic N) is 3. The van der Waals surface area contributed by atoms with Crippen molar-refractivity contribution in [1.29, 1.82) is 0 Å². The zero-order chi connectivity index (χ0) is 19.8. The van der Waals surface area contributed by atoms with E-state index in [9.17, 15) is 5.11 Å². The Kier molecular flexibility index (Phi) is 6.45. The molecule has 28 heavy (non-hydrogen) atoms. The molecule has 0 radical (unpaired) electrons. The van der Waals surface area contributed by atoms with E-state index in [1.165, 1.54) is 0 Å². The lowest BCUT2D eigenvalue weighted by molar-refractivity contribution is 0.0617. The van der Waals surface area contributed by atoms with Crippen LogP contribution in [0.5, 0.6) is 0 Å². The molecule has 2 aromatic carbocycles. The van der Waals surface area contributed by atoms with Crippen LogP contribution >= 0.6 is 0 Å². The van der Waals surface area contributed by atoms with Crippen molar-refractivity contribution in [3.05, 3.63) is 84.2 Å². The van der Waals surface area contributed by atoms with Gasteiger partial charge in [0.2, 0.25) is 0 Å². The third kappa shape index (κ3) is 4.98. The van der Waals surface area contributed by atoms with Gasteiger partial charge in [-0.2, -0.15) is 5.10 Å². The number of aliphatic hydroxyl groups is 1. The molecule has 1 heterocycles. The van der Waals surface area contributed by atoms with Crippen LogP contribution in [0.15, 0.2) is 78.0 Å². The minimum absolute atomic E-state index is 0.351. The molecule has 3 N–H and O–H groups in total. The van der Waals surface area contributed by atoms with Crippen molar-refractivity contribution in [2.75, 3.05) is 13.1 Å². The number of rotatable bonds is 7. The molecule has 1 atom stereocenters. The van der Waals surface area contributed by atoms with E-state index < -0.39 is 5.60 Å². The third-order valence-electron chi connectivity index (χ3n) is 4.49. The van der Waals surface area contributed by atoms with Gasteiger partial charge in [0.1, 0.15) is 5.60 Å². The standard InChI is InChI=1S/C22H27N5O/c1-3-23-21(25-17-22(2,28)19-11-5-4-6-12-19)24-16-18-10-7-8-13-20(18)27-15-9-14-26-27/h4-15,28H,3,16-17H2,1-2H3,(H2,23,24,25). The summed E-state index contributed by atoms with van der Waals surface area (Å²) in [7, 11) is 0. The van der Waals surface area contributed by atoms with Crippen molar-refractivity contribution in [2.24, 2.45) is 4.99 Å². The number of guanidine groups is 1. The van der Waals surface area contributed by atoms with Gasteiger partial charge in [-0.1, -0.05) is 48.5 Å². The maximum absolute atomic E-state index is 10.8. The normalized spacial score (nSPS) is 13.8. The average molecular weight is 377 g/mol. The summed E-state index contributed by atoms with van der Waals surface area (Å²) in [6, 6.07) is 19.6. The van der Waals surface area contributed by atoms with Gasteiger partial charge in [0.15, 0.2) is 5.96 Å². The third-order valence-corrected chi connectivity index (χ3v) is 4.49. The van der Waals surface area contributed by atoms with Crippen LogP contribution < -0.4 is 10.6 Å². The second-order valence-corrected chi connectivity index (χ2v) is 6.77. The summed E-state index contributed by atoms with van der Waals surface area (Å²) < 4.78 is 1.84. The largest absolute Gasteiger partial charge is 0.384 e. The molecule has 1 aromatic heterocycles. The molecule has 3 rings (SSSR count). The van der Waals surface area contributed by atoms with E-state index in [4.69, 9.17) is 4.99 Å². The summed E-state index contributed by atoms with van der Waals surface area (Å²) in [4.78, 5) is 4.69. The van der Waals surface area contributed by atoms with Gasteiger partial charge < -0.3 is 15.7 Å². The predicted octanol–water partition coefficient (Wildman–Crippen LogP) is 2.84. The Bertz CT molecular complexity index is 888. The smallest absolute Gasteiger partial charge is 0.191 e. The van der Waals surface area contributed by atoms with Gasteiger partial charge in [-0.25, -0.2) is 9.67 Å². The van der Waals surface area contributed by atoms with Gasteiger partial charge in [-0.15, -0.1) is 0 Å². The highest BCUT2D eigenvalue weighted by Crippen LogP contribution is 2.19. The highest BCUT2D eigenvalue weighted by atomic mass is 16.3. The van der Waals surface area contributed by atoms with E-state index >= 15 is 0 Å². The summed E-state index contributed by atoms with van der Waals surface area (Å²) in [6.45, 7) is 5.40. The molecule has 0 saturated carbocycles. The molecule has 0 aliphatic heterocycles. The summed E-state index contributed by atoms with van der Waals surface area (Å²) in [5.74, 6) is 0.661. The minimum atomic E-state index is -0.996. The van der Waals surface area contributed by atoms with E-state index in [-0.39, 0.29) is 0 Å². The second kappa shape index (κ2) is 9.19. The van der Waals surface area contributed by atoms with Crippen molar-refractivity contribution in [2.45, 2.75) is 26.0 Å². The van der Waals surface area contributed by atoms with E-state index in [2.05, 4.69) is 15.7 Å². The van der Waals surface area contributed by atoms with Crippen LogP contribution in [-0.4, -0.2) is 33.9 Å². The monoisotopic (exact) mass is 377 g/mol. The van der Waals surface area contributed by atoms with E-state index in [0.717, 1.165) is 23.4 Å². The predicted molar refractivity (Wildman–Crippen MR) is 112 cm³/mol. The van der Waals surface area contributed by atoms with Crippen molar-refractivity contribution in [1.82, 2.24) is 20.4 Å². The Morgan fingerprint density at radius 2 is 1.82 bits per heavy atom. The van der Waals surface area contributed by atoms with E-state index in [1.54, 1.807) is 13.1 Å². The second-order valence-electron chi connectivity index (χ2n) is 6.77. The van der Waals surface area contributed by atoms with Crippen molar-refractivity contribution >= 4 is 5.96 Å². The van der Waals surface area contributed by atoms with Gasteiger partial charge in [-0.05, 0) is 37.1 Å². The Morgan fingerprint density at radius 1 is 1.07 bits per heavy atom. The van der Waals surface area contributed by atoms with Crippen LogP contribution in [0.25, 0.3) is 5.69 Å². The van der Waals surface area contributed by atoms with Crippen LogP contribution in [0.4, 0.5) is 0 Å². The molecule has 0 amide bonds. The fraction of sp³-hybridized carbons (Fsp3) is 0.273. The number of para-hydroxylation sites is 1. The highest BCUT2D eigenvalue weighted by molar-refractivity contribution is 5.79. The molecular weight excluding hydrogens is 350 g/mol. The fourth-order valence-corrected chi connectivity index (χ4v) is 2.94. The number of hydrogen-bond donors (Lipinski definition) is 3. The van der Waals surface area contributed by atoms with Gasteiger partial charge in [-0.3, -0.25) is 0 Å². The molecule has 3 aromatic rings. The summed E-state index contributed by atoms with van der Waals surface area (Å²) in [5.41, 5.74) is 1.94. The lowest BCUT2D eigenvalue weighted by atomic mass is 9.96. The first-order valence-corrected chi connectivity index (χ1v) is 9.48. The molecule has 0 aliphatic rings.